The summed E-state index contributed by atoms with van der Waals surface area (Å²) in [5, 5.41) is 5.51. The molecular weight excluding hydrogens is 346 g/mol. The molecule has 0 saturated carbocycles. The fourth-order valence-electron chi connectivity index (χ4n) is 2.99. The van der Waals surface area contributed by atoms with Gasteiger partial charge in [-0.05, 0) is 30.3 Å². The summed E-state index contributed by atoms with van der Waals surface area (Å²) < 4.78 is 4.78. The van der Waals surface area contributed by atoms with Crippen LogP contribution in [0.15, 0.2) is 54.6 Å². The number of rotatable bonds is 6. The minimum Gasteiger partial charge on any atom is -0.375 e. The lowest BCUT2D eigenvalue weighted by Gasteiger charge is -2.16. The van der Waals surface area contributed by atoms with Crippen LogP contribution in [0.3, 0.4) is 0 Å². The maximum Gasteiger partial charge on any atom is 0.250 e. The van der Waals surface area contributed by atoms with E-state index >= 15 is 0 Å². The largest absolute Gasteiger partial charge is 0.375 e. The number of benzene rings is 2. The third-order valence-electron chi connectivity index (χ3n) is 4.25. The molecule has 0 radical (unpaired) electrons. The molecule has 1 heterocycles. The molecule has 3 rings (SSSR count). The van der Waals surface area contributed by atoms with Gasteiger partial charge in [0.15, 0.2) is 0 Å². The Morgan fingerprint density at radius 3 is 2.48 bits per heavy atom. The zero-order chi connectivity index (χ0) is 19.2. The van der Waals surface area contributed by atoms with Gasteiger partial charge in [-0.15, -0.1) is 0 Å². The van der Waals surface area contributed by atoms with Crippen molar-refractivity contribution in [2.45, 2.75) is 6.42 Å². The summed E-state index contributed by atoms with van der Waals surface area (Å²) in [7, 11) is 1.44. The van der Waals surface area contributed by atoms with Gasteiger partial charge in [0.2, 0.25) is 17.7 Å². The molecule has 2 aromatic carbocycles. The van der Waals surface area contributed by atoms with Crippen LogP contribution in [0.4, 0.5) is 17.1 Å². The maximum absolute atomic E-state index is 12.6. The highest BCUT2D eigenvalue weighted by Gasteiger charge is 2.35. The fraction of sp³-hybridized carbons (Fsp3) is 0.250. The molecular formula is C20H21N3O4. The van der Waals surface area contributed by atoms with Crippen molar-refractivity contribution in [2.75, 3.05) is 35.8 Å². The molecule has 27 heavy (non-hydrogen) atoms. The Labute approximate surface area is 157 Å². The first kappa shape index (κ1) is 18.6. The molecule has 1 atom stereocenters. The Balaban J connectivity index is 1.62. The van der Waals surface area contributed by atoms with E-state index in [2.05, 4.69) is 10.6 Å². The van der Waals surface area contributed by atoms with E-state index in [4.69, 9.17) is 4.74 Å². The molecule has 0 aromatic heterocycles. The summed E-state index contributed by atoms with van der Waals surface area (Å²) >= 11 is 0. The van der Waals surface area contributed by atoms with Gasteiger partial charge in [0.05, 0.1) is 5.92 Å². The molecule has 0 bridgehead atoms. The number of carbonyl (C=O) groups excluding carboxylic acids is 3. The number of hydrogen-bond donors (Lipinski definition) is 2. The number of para-hydroxylation sites is 1. The van der Waals surface area contributed by atoms with Gasteiger partial charge < -0.3 is 20.3 Å². The van der Waals surface area contributed by atoms with Crippen LogP contribution in [-0.4, -0.2) is 38.0 Å². The molecule has 2 aromatic rings. The molecule has 2 N–H and O–H groups in total. The van der Waals surface area contributed by atoms with Crippen LogP contribution in [0.1, 0.15) is 6.42 Å². The van der Waals surface area contributed by atoms with Crippen molar-refractivity contribution in [3.8, 4) is 0 Å². The Morgan fingerprint density at radius 1 is 1.07 bits per heavy atom. The van der Waals surface area contributed by atoms with E-state index < -0.39 is 5.92 Å². The van der Waals surface area contributed by atoms with Crippen LogP contribution >= 0.6 is 0 Å². The van der Waals surface area contributed by atoms with Gasteiger partial charge in [0, 0.05) is 37.1 Å². The number of nitrogens with one attached hydrogen (secondary N) is 2. The van der Waals surface area contributed by atoms with Crippen molar-refractivity contribution in [1.82, 2.24) is 0 Å². The van der Waals surface area contributed by atoms with Gasteiger partial charge in [-0.3, -0.25) is 14.4 Å². The quantitative estimate of drug-likeness (QED) is 0.820. The van der Waals surface area contributed by atoms with Gasteiger partial charge in [-0.2, -0.15) is 0 Å². The summed E-state index contributed by atoms with van der Waals surface area (Å²) in [4.78, 5) is 38.1. The lowest BCUT2D eigenvalue weighted by atomic mass is 10.1. The summed E-state index contributed by atoms with van der Waals surface area (Å²) in [5.41, 5.74) is 1.91. The maximum atomic E-state index is 12.6. The SMILES string of the molecule is COCC(=O)Nc1cccc(NC(=O)C2CC(=O)N(c3ccccc3)C2)c1. The molecule has 1 aliphatic rings. The van der Waals surface area contributed by atoms with Gasteiger partial charge in [-0.25, -0.2) is 0 Å². The van der Waals surface area contributed by atoms with E-state index in [-0.39, 0.29) is 30.7 Å². The van der Waals surface area contributed by atoms with E-state index in [1.54, 1.807) is 29.2 Å². The minimum atomic E-state index is -0.426. The van der Waals surface area contributed by atoms with Crippen molar-refractivity contribution in [3.63, 3.8) is 0 Å². The molecule has 140 valence electrons. The van der Waals surface area contributed by atoms with E-state index in [1.165, 1.54) is 7.11 Å². The van der Waals surface area contributed by atoms with Crippen LogP contribution in [0.2, 0.25) is 0 Å². The zero-order valence-corrected chi connectivity index (χ0v) is 15.0. The van der Waals surface area contributed by atoms with Crippen molar-refractivity contribution in [3.05, 3.63) is 54.6 Å². The molecule has 0 aliphatic carbocycles. The predicted octanol–water partition coefficient (Wildman–Crippen LogP) is 2.26. The number of methoxy groups -OCH3 is 1. The third kappa shape index (κ3) is 4.71. The fourth-order valence-corrected chi connectivity index (χ4v) is 2.99. The molecule has 7 nitrogen and oxygen atoms in total. The van der Waals surface area contributed by atoms with E-state index in [0.717, 1.165) is 5.69 Å². The molecule has 3 amide bonds. The number of hydrogen-bond acceptors (Lipinski definition) is 4. The summed E-state index contributed by atoms with van der Waals surface area (Å²) in [6, 6.07) is 16.2. The van der Waals surface area contributed by atoms with Crippen molar-refractivity contribution in [1.29, 1.82) is 0 Å². The number of anilines is 3. The molecule has 7 heteroatoms. The van der Waals surface area contributed by atoms with E-state index in [1.807, 2.05) is 30.3 Å². The Hall–Kier alpha value is -3.19. The standard InChI is InChI=1S/C20H21N3O4/c1-27-13-18(24)21-15-6-5-7-16(11-15)22-20(26)14-10-19(25)23(12-14)17-8-3-2-4-9-17/h2-9,11,14H,10,12-13H2,1H3,(H,21,24)(H,22,26). The van der Waals surface area contributed by atoms with Crippen LogP contribution in [0, 0.1) is 5.92 Å². The first-order valence-corrected chi connectivity index (χ1v) is 8.62. The zero-order valence-electron chi connectivity index (χ0n) is 15.0. The minimum absolute atomic E-state index is 0.0455. The highest BCUT2D eigenvalue weighted by atomic mass is 16.5. The third-order valence-corrected chi connectivity index (χ3v) is 4.25. The summed E-state index contributed by atoms with van der Waals surface area (Å²) in [6.07, 6.45) is 0.172. The van der Waals surface area contributed by atoms with Gasteiger partial charge >= 0.3 is 0 Å². The summed E-state index contributed by atoms with van der Waals surface area (Å²) in [6.45, 7) is 0.301. The van der Waals surface area contributed by atoms with Gasteiger partial charge in [0.1, 0.15) is 6.61 Å². The Kier molecular flexibility index (Phi) is 5.83. The second-order valence-corrected chi connectivity index (χ2v) is 6.29. The van der Waals surface area contributed by atoms with Crippen molar-refractivity contribution < 1.29 is 19.1 Å². The lowest BCUT2D eigenvalue weighted by molar-refractivity contribution is -0.122. The van der Waals surface area contributed by atoms with Crippen molar-refractivity contribution >= 4 is 34.8 Å². The second-order valence-electron chi connectivity index (χ2n) is 6.29. The number of nitrogens with zero attached hydrogens (tertiary/aromatic N) is 1. The number of carbonyl (C=O) groups is 3. The average Bonchev–Trinajstić information content (AvgIpc) is 3.05. The predicted molar refractivity (Wildman–Crippen MR) is 102 cm³/mol. The summed E-state index contributed by atoms with van der Waals surface area (Å²) in [5.74, 6) is -0.991. The van der Waals surface area contributed by atoms with Crippen LogP contribution in [0.5, 0.6) is 0 Å². The van der Waals surface area contributed by atoms with E-state index in [9.17, 15) is 14.4 Å². The van der Waals surface area contributed by atoms with Crippen molar-refractivity contribution in [2.24, 2.45) is 5.92 Å². The molecule has 1 saturated heterocycles. The van der Waals surface area contributed by atoms with Crippen LogP contribution in [-0.2, 0) is 19.1 Å². The Morgan fingerprint density at radius 2 is 1.78 bits per heavy atom. The average molecular weight is 367 g/mol. The van der Waals surface area contributed by atoms with Gasteiger partial charge in [-0.1, -0.05) is 24.3 Å². The van der Waals surface area contributed by atoms with Crippen LogP contribution in [0.25, 0.3) is 0 Å². The monoisotopic (exact) mass is 367 g/mol. The van der Waals surface area contributed by atoms with E-state index in [0.29, 0.717) is 17.9 Å². The smallest absolute Gasteiger partial charge is 0.250 e. The first-order chi connectivity index (χ1) is 13.1. The Bertz CT molecular complexity index is 838. The van der Waals surface area contributed by atoms with Gasteiger partial charge in [0.25, 0.3) is 0 Å². The second kappa shape index (κ2) is 8.46. The van der Waals surface area contributed by atoms with Crippen LogP contribution < -0.4 is 15.5 Å². The number of amides is 3. The molecule has 1 unspecified atom stereocenters. The number of ether oxygens (including phenoxy) is 1. The molecule has 1 fully saturated rings. The highest BCUT2D eigenvalue weighted by molar-refractivity contribution is 6.03. The normalized spacial score (nSPS) is 16.3. The topological polar surface area (TPSA) is 87.7 Å². The highest BCUT2D eigenvalue weighted by Crippen LogP contribution is 2.26. The lowest BCUT2D eigenvalue weighted by Crippen LogP contribution is -2.28. The molecule has 0 spiro atoms. The molecule has 1 aliphatic heterocycles. The first-order valence-electron chi connectivity index (χ1n) is 8.62.